The molecule has 0 aliphatic heterocycles. The van der Waals surface area contributed by atoms with Gasteiger partial charge in [0.05, 0.1) is 5.52 Å². The number of rotatable bonds is 1. The lowest BCUT2D eigenvalue weighted by molar-refractivity contribution is 0.481. The van der Waals surface area contributed by atoms with Crippen LogP contribution in [0.3, 0.4) is 0 Å². The number of nitrogens with zero attached hydrogens (tertiary/aromatic N) is 1. The minimum absolute atomic E-state index is 0.299. The summed E-state index contributed by atoms with van der Waals surface area (Å²) < 4.78 is 0. The molecule has 0 spiro atoms. The van der Waals surface area contributed by atoms with Gasteiger partial charge in [0, 0.05) is 11.1 Å². The van der Waals surface area contributed by atoms with Crippen LogP contribution < -0.4 is 0 Å². The van der Waals surface area contributed by atoms with E-state index in [0.29, 0.717) is 5.75 Å². The number of pyridine rings is 1. The average molecular weight is 173 g/mol. The Morgan fingerprint density at radius 1 is 1.23 bits per heavy atom. The van der Waals surface area contributed by atoms with E-state index < -0.39 is 0 Å². The Kier molecular flexibility index (Phi) is 1.89. The summed E-state index contributed by atoms with van der Waals surface area (Å²) in [5.41, 5.74) is 1.91. The van der Waals surface area contributed by atoms with Gasteiger partial charge in [-0.25, -0.2) is 0 Å². The van der Waals surface area contributed by atoms with Crippen molar-refractivity contribution < 1.29 is 5.11 Å². The first-order chi connectivity index (χ1) is 6.31. The first-order valence-electron chi connectivity index (χ1n) is 4.39. The van der Waals surface area contributed by atoms with Crippen LogP contribution in [-0.2, 0) is 6.42 Å². The summed E-state index contributed by atoms with van der Waals surface area (Å²) in [6, 6.07) is 9.26. The fourth-order valence-corrected chi connectivity index (χ4v) is 1.38. The van der Waals surface area contributed by atoms with E-state index in [1.165, 1.54) is 0 Å². The number of benzene rings is 1. The summed E-state index contributed by atoms with van der Waals surface area (Å²) in [6.07, 6.45) is 0.922. The molecule has 2 heteroatoms. The molecule has 66 valence electrons. The van der Waals surface area contributed by atoms with Crippen LogP contribution in [0.5, 0.6) is 5.75 Å². The lowest BCUT2D eigenvalue weighted by Gasteiger charge is -2.01. The van der Waals surface area contributed by atoms with Gasteiger partial charge in [-0.3, -0.25) is 4.98 Å². The molecule has 1 aromatic heterocycles. The summed E-state index contributed by atoms with van der Waals surface area (Å²) in [4.78, 5) is 4.39. The number of aromatic hydroxyl groups is 1. The maximum atomic E-state index is 9.49. The zero-order chi connectivity index (χ0) is 9.26. The summed E-state index contributed by atoms with van der Waals surface area (Å²) in [5, 5.41) is 10.3. The Labute approximate surface area is 76.9 Å². The molecule has 13 heavy (non-hydrogen) atoms. The van der Waals surface area contributed by atoms with Gasteiger partial charge in [-0.15, -0.1) is 0 Å². The van der Waals surface area contributed by atoms with Crippen LogP contribution in [0.2, 0.25) is 0 Å². The molecule has 0 aliphatic rings. The van der Waals surface area contributed by atoms with Gasteiger partial charge in [0.2, 0.25) is 0 Å². The van der Waals surface area contributed by atoms with Crippen molar-refractivity contribution in [3.63, 3.8) is 0 Å². The van der Waals surface area contributed by atoms with Gasteiger partial charge >= 0.3 is 0 Å². The molecule has 1 aromatic carbocycles. The van der Waals surface area contributed by atoms with Gasteiger partial charge in [0.25, 0.3) is 0 Å². The Balaban J connectivity index is 2.72. The number of fused-ring (bicyclic) bond motifs is 1. The summed E-state index contributed by atoms with van der Waals surface area (Å²) in [5.74, 6) is 0.299. The minimum Gasteiger partial charge on any atom is -0.507 e. The third kappa shape index (κ3) is 1.35. The fourth-order valence-electron chi connectivity index (χ4n) is 1.38. The van der Waals surface area contributed by atoms with E-state index in [0.717, 1.165) is 23.0 Å². The van der Waals surface area contributed by atoms with E-state index in [4.69, 9.17) is 0 Å². The number of aromatic nitrogens is 1. The maximum absolute atomic E-state index is 9.49. The van der Waals surface area contributed by atoms with Gasteiger partial charge in [-0.05, 0) is 30.7 Å². The third-order valence-electron chi connectivity index (χ3n) is 2.13. The largest absolute Gasteiger partial charge is 0.507 e. The van der Waals surface area contributed by atoms with Crippen LogP contribution in [-0.4, -0.2) is 10.1 Å². The van der Waals surface area contributed by atoms with Crippen LogP contribution in [0.15, 0.2) is 30.3 Å². The Hall–Kier alpha value is -1.57. The van der Waals surface area contributed by atoms with Crippen LogP contribution in [0.25, 0.3) is 10.9 Å². The van der Waals surface area contributed by atoms with E-state index >= 15 is 0 Å². The fraction of sp³-hybridized carbons (Fsp3) is 0.182. The molecule has 2 nitrogen and oxygen atoms in total. The summed E-state index contributed by atoms with van der Waals surface area (Å²) in [7, 11) is 0. The molecule has 0 atom stereocenters. The van der Waals surface area contributed by atoms with E-state index in [1.807, 2.05) is 24.3 Å². The number of phenolic OH excluding ortho intramolecular Hbond substituents is 1. The highest BCUT2D eigenvalue weighted by Crippen LogP contribution is 2.22. The molecule has 0 aliphatic carbocycles. The standard InChI is InChI=1S/C11H11NO/c1-2-8-6-7-9-10(12-8)4-3-5-11(9)13/h3-7,13H,2H2,1H3. The molecular weight excluding hydrogens is 162 g/mol. The first-order valence-corrected chi connectivity index (χ1v) is 4.39. The molecule has 2 aromatic rings. The smallest absolute Gasteiger partial charge is 0.124 e. The molecular formula is C11H11NO. The second-order valence-electron chi connectivity index (χ2n) is 3.00. The minimum atomic E-state index is 0.299. The van der Waals surface area contributed by atoms with Crippen molar-refractivity contribution in [3.8, 4) is 5.75 Å². The second kappa shape index (κ2) is 3.05. The SMILES string of the molecule is CCc1ccc2c(O)cccc2n1. The van der Waals surface area contributed by atoms with Gasteiger partial charge < -0.3 is 5.11 Å². The van der Waals surface area contributed by atoms with Gasteiger partial charge in [0.1, 0.15) is 5.75 Å². The molecule has 1 heterocycles. The summed E-state index contributed by atoms with van der Waals surface area (Å²) in [6.45, 7) is 2.07. The van der Waals surface area contributed by atoms with Gasteiger partial charge in [-0.1, -0.05) is 13.0 Å². The molecule has 0 saturated carbocycles. The molecule has 0 unspecified atom stereocenters. The van der Waals surface area contributed by atoms with Crippen LogP contribution >= 0.6 is 0 Å². The Bertz CT molecular complexity index is 437. The first kappa shape index (κ1) is 8.05. The second-order valence-corrected chi connectivity index (χ2v) is 3.00. The average Bonchev–Trinajstić information content (AvgIpc) is 2.18. The maximum Gasteiger partial charge on any atom is 0.124 e. The molecule has 0 radical (unpaired) electrons. The van der Waals surface area contributed by atoms with Gasteiger partial charge in [-0.2, -0.15) is 0 Å². The van der Waals surface area contributed by atoms with E-state index in [2.05, 4.69) is 11.9 Å². The monoisotopic (exact) mass is 173 g/mol. The number of aryl methyl sites for hydroxylation is 1. The highest BCUT2D eigenvalue weighted by atomic mass is 16.3. The lowest BCUT2D eigenvalue weighted by Crippen LogP contribution is -1.86. The molecule has 0 fully saturated rings. The molecule has 0 bridgehead atoms. The van der Waals surface area contributed by atoms with Crippen LogP contribution in [0.4, 0.5) is 0 Å². The normalized spacial score (nSPS) is 10.5. The van der Waals surface area contributed by atoms with Crippen LogP contribution in [0.1, 0.15) is 12.6 Å². The zero-order valence-corrected chi connectivity index (χ0v) is 7.49. The van der Waals surface area contributed by atoms with Crippen LogP contribution in [0, 0.1) is 0 Å². The van der Waals surface area contributed by atoms with Gasteiger partial charge in [0.15, 0.2) is 0 Å². The quantitative estimate of drug-likeness (QED) is 0.718. The lowest BCUT2D eigenvalue weighted by atomic mass is 10.1. The summed E-state index contributed by atoms with van der Waals surface area (Å²) >= 11 is 0. The van der Waals surface area contributed by atoms with Crippen molar-refractivity contribution in [2.45, 2.75) is 13.3 Å². The molecule has 0 amide bonds. The number of hydrogen-bond donors (Lipinski definition) is 1. The Morgan fingerprint density at radius 3 is 2.85 bits per heavy atom. The molecule has 1 N–H and O–H groups in total. The number of hydrogen-bond acceptors (Lipinski definition) is 2. The van der Waals surface area contributed by atoms with Crippen molar-refractivity contribution >= 4 is 10.9 Å². The highest BCUT2D eigenvalue weighted by molar-refractivity contribution is 5.84. The van der Waals surface area contributed by atoms with E-state index in [1.54, 1.807) is 6.07 Å². The van der Waals surface area contributed by atoms with Crippen molar-refractivity contribution in [2.75, 3.05) is 0 Å². The topological polar surface area (TPSA) is 33.1 Å². The van der Waals surface area contributed by atoms with Crippen molar-refractivity contribution in [3.05, 3.63) is 36.0 Å². The number of phenols is 1. The highest BCUT2D eigenvalue weighted by Gasteiger charge is 1.99. The third-order valence-corrected chi connectivity index (χ3v) is 2.13. The molecule has 2 rings (SSSR count). The van der Waals surface area contributed by atoms with E-state index in [-0.39, 0.29) is 0 Å². The van der Waals surface area contributed by atoms with Crippen molar-refractivity contribution in [1.82, 2.24) is 4.98 Å². The predicted octanol–water partition coefficient (Wildman–Crippen LogP) is 2.50. The van der Waals surface area contributed by atoms with Crippen molar-refractivity contribution in [1.29, 1.82) is 0 Å². The predicted molar refractivity (Wildman–Crippen MR) is 52.8 cm³/mol. The molecule has 0 saturated heterocycles. The van der Waals surface area contributed by atoms with Crippen molar-refractivity contribution in [2.24, 2.45) is 0 Å². The Morgan fingerprint density at radius 2 is 2.08 bits per heavy atom. The zero-order valence-electron chi connectivity index (χ0n) is 7.49. The van der Waals surface area contributed by atoms with E-state index in [9.17, 15) is 5.11 Å².